The first-order valence-corrected chi connectivity index (χ1v) is 6.43. The lowest BCUT2D eigenvalue weighted by Gasteiger charge is -2.04. The highest BCUT2D eigenvalue weighted by Gasteiger charge is 2.08. The van der Waals surface area contributed by atoms with Gasteiger partial charge in [0.1, 0.15) is 10.4 Å². The van der Waals surface area contributed by atoms with E-state index in [9.17, 15) is 9.50 Å². The van der Waals surface area contributed by atoms with Crippen LogP contribution >= 0.6 is 15.9 Å². The number of halogens is 2. The predicted octanol–water partition coefficient (Wildman–Crippen LogP) is 2.69. The van der Waals surface area contributed by atoms with Gasteiger partial charge in [-0.1, -0.05) is 0 Å². The van der Waals surface area contributed by atoms with E-state index in [0.717, 1.165) is 0 Å². The molecule has 7 heteroatoms. The molecule has 0 amide bonds. The third-order valence-corrected chi connectivity index (χ3v) is 3.06. The van der Waals surface area contributed by atoms with Gasteiger partial charge in [0.15, 0.2) is 17.4 Å². The first kappa shape index (κ1) is 14.3. The molecule has 1 heterocycles. The Bertz CT molecular complexity index is 739. The summed E-state index contributed by atoms with van der Waals surface area (Å²) >= 11 is 3.24. The summed E-state index contributed by atoms with van der Waals surface area (Å²) in [6.07, 6.45) is 1.50. The number of aliphatic imine (C=N–C) groups is 1. The molecule has 5 nitrogen and oxygen atoms in total. The average Bonchev–Trinajstić information content (AvgIpc) is 2.30. The first-order valence-electron chi connectivity index (χ1n) is 5.63. The summed E-state index contributed by atoms with van der Waals surface area (Å²) in [6, 6.07) is 4.09. The number of benzene rings is 1. The van der Waals surface area contributed by atoms with E-state index >= 15 is 0 Å². The summed E-state index contributed by atoms with van der Waals surface area (Å²) in [5, 5.41) is 10.5. The second kappa shape index (κ2) is 5.46. The molecule has 0 saturated heterocycles. The number of rotatable bonds is 2. The van der Waals surface area contributed by atoms with Crippen molar-refractivity contribution in [1.29, 1.82) is 0 Å². The lowest BCUT2D eigenvalue weighted by Crippen LogP contribution is -2.10. The van der Waals surface area contributed by atoms with Crippen LogP contribution in [-0.2, 0) is 0 Å². The monoisotopic (exact) mass is 338 g/mol. The predicted molar refractivity (Wildman–Crippen MR) is 80.3 cm³/mol. The molecule has 20 heavy (non-hydrogen) atoms. The van der Waals surface area contributed by atoms with Gasteiger partial charge >= 0.3 is 0 Å². The van der Waals surface area contributed by atoms with Crippen molar-refractivity contribution in [2.45, 2.75) is 6.92 Å². The molecule has 0 bridgehead atoms. The van der Waals surface area contributed by atoms with Gasteiger partial charge in [0.2, 0.25) is 0 Å². The number of pyridine rings is 1. The number of nitrogens with two attached hydrogens (primary N) is 2. The molecule has 0 aliphatic rings. The number of amidine groups is 1. The Balaban J connectivity index is 2.58. The third-order valence-electron chi connectivity index (χ3n) is 2.46. The van der Waals surface area contributed by atoms with Crippen LogP contribution in [0.5, 0.6) is 5.75 Å². The van der Waals surface area contributed by atoms with Crippen molar-refractivity contribution in [1.82, 2.24) is 4.98 Å². The minimum Gasteiger partial charge on any atom is -0.505 e. The number of phenols is 1. The number of phenolic OH excluding ortho intramolecular Hbond substituents is 1. The maximum atomic E-state index is 13.3. The number of nitrogens with zero attached hydrogens (tertiary/aromatic N) is 2. The van der Waals surface area contributed by atoms with Gasteiger partial charge in [0.05, 0.1) is 0 Å². The largest absolute Gasteiger partial charge is 0.505 e. The topological polar surface area (TPSA) is 97.5 Å². The summed E-state index contributed by atoms with van der Waals surface area (Å²) in [5.41, 5.74) is 11.7. The standard InChI is InChI=1S/C13H12BrFN4O/c1-6(16)2-11(17)18-12-4-7-3-10(20)9(15)5-8(7)13(14)19-12/h2-5,20H,16H2,1H3,(H2,17,18,19)/b6-2-. The summed E-state index contributed by atoms with van der Waals surface area (Å²) in [5.74, 6) is -0.617. The highest BCUT2D eigenvalue weighted by atomic mass is 79.9. The van der Waals surface area contributed by atoms with E-state index in [4.69, 9.17) is 11.5 Å². The zero-order chi connectivity index (χ0) is 14.9. The summed E-state index contributed by atoms with van der Waals surface area (Å²) in [6.45, 7) is 1.69. The van der Waals surface area contributed by atoms with Gasteiger partial charge < -0.3 is 16.6 Å². The van der Waals surface area contributed by atoms with Gasteiger partial charge in [-0.25, -0.2) is 14.4 Å². The van der Waals surface area contributed by atoms with Gasteiger partial charge in [-0.15, -0.1) is 0 Å². The number of allylic oxidation sites excluding steroid dienone is 1. The van der Waals surface area contributed by atoms with E-state index in [2.05, 4.69) is 25.9 Å². The Labute approximate surface area is 123 Å². The molecule has 0 radical (unpaired) electrons. The van der Waals surface area contributed by atoms with Gasteiger partial charge in [-0.3, -0.25) is 0 Å². The Morgan fingerprint density at radius 1 is 1.40 bits per heavy atom. The molecule has 0 aliphatic heterocycles. The van der Waals surface area contributed by atoms with Gasteiger partial charge in [-0.2, -0.15) is 0 Å². The summed E-state index contributed by atoms with van der Waals surface area (Å²) < 4.78 is 13.7. The van der Waals surface area contributed by atoms with Crippen LogP contribution in [0.25, 0.3) is 10.8 Å². The molecule has 0 saturated carbocycles. The van der Waals surface area contributed by atoms with Crippen molar-refractivity contribution in [3.8, 4) is 5.75 Å². The Morgan fingerprint density at radius 2 is 2.10 bits per heavy atom. The summed E-state index contributed by atoms with van der Waals surface area (Å²) in [7, 11) is 0. The van der Waals surface area contributed by atoms with Gasteiger partial charge in [0, 0.05) is 11.1 Å². The lowest BCUT2D eigenvalue weighted by atomic mass is 10.1. The number of hydrogen-bond donors (Lipinski definition) is 3. The zero-order valence-electron chi connectivity index (χ0n) is 10.6. The molecule has 0 spiro atoms. The molecular formula is C13H12BrFN4O. The fourth-order valence-electron chi connectivity index (χ4n) is 1.66. The lowest BCUT2D eigenvalue weighted by molar-refractivity contribution is 0.433. The second-order valence-corrected chi connectivity index (χ2v) is 4.97. The number of aromatic nitrogens is 1. The normalized spacial score (nSPS) is 12.9. The molecule has 1 aromatic carbocycles. The van der Waals surface area contributed by atoms with Crippen molar-refractivity contribution >= 4 is 38.4 Å². The van der Waals surface area contributed by atoms with E-state index in [-0.39, 0.29) is 5.84 Å². The maximum absolute atomic E-state index is 13.3. The van der Waals surface area contributed by atoms with Crippen LogP contribution in [0, 0.1) is 5.82 Å². The molecular weight excluding hydrogens is 327 g/mol. The van der Waals surface area contributed by atoms with Gasteiger partial charge in [0.25, 0.3) is 0 Å². The molecule has 1 aromatic heterocycles. The fourth-order valence-corrected chi connectivity index (χ4v) is 2.19. The molecule has 0 unspecified atom stereocenters. The molecule has 2 aromatic rings. The fraction of sp³-hybridized carbons (Fsp3) is 0.0769. The quantitative estimate of drug-likeness (QED) is 0.445. The Hall–Kier alpha value is -2.15. The van der Waals surface area contributed by atoms with E-state index < -0.39 is 11.6 Å². The van der Waals surface area contributed by atoms with Crippen molar-refractivity contribution in [2.75, 3.05) is 0 Å². The van der Waals surface area contributed by atoms with Crippen LogP contribution in [0.4, 0.5) is 10.2 Å². The van der Waals surface area contributed by atoms with Gasteiger partial charge in [-0.05, 0) is 52.5 Å². The van der Waals surface area contributed by atoms with Crippen molar-refractivity contribution in [3.63, 3.8) is 0 Å². The van der Waals surface area contributed by atoms with Crippen LogP contribution in [-0.4, -0.2) is 15.9 Å². The minimum absolute atomic E-state index is 0.204. The molecule has 104 valence electrons. The van der Waals surface area contributed by atoms with Crippen LogP contribution in [0.3, 0.4) is 0 Å². The molecule has 0 atom stereocenters. The van der Waals surface area contributed by atoms with Crippen LogP contribution < -0.4 is 11.5 Å². The number of fused-ring (bicyclic) bond motifs is 1. The maximum Gasteiger partial charge on any atom is 0.165 e. The zero-order valence-corrected chi connectivity index (χ0v) is 12.1. The van der Waals surface area contributed by atoms with Crippen molar-refractivity contribution in [2.24, 2.45) is 16.5 Å². The summed E-state index contributed by atoms with van der Waals surface area (Å²) in [4.78, 5) is 8.23. The Morgan fingerprint density at radius 3 is 2.75 bits per heavy atom. The highest BCUT2D eigenvalue weighted by molar-refractivity contribution is 9.10. The van der Waals surface area contributed by atoms with E-state index in [1.807, 2.05) is 0 Å². The van der Waals surface area contributed by atoms with Crippen LogP contribution in [0.2, 0.25) is 0 Å². The molecule has 5 N–H and O–H groups in total. The van der Waals surface area contributed by atoms with Crippen molar-refractivity contribution < 1.29 is 9.50 Å². The molecule has 0 fully saturated rings. The van der Waals surface area contributed by atoms with E-state index in [1.165, 1.54) is 18.2 Å². The third kappa shape index (κ3) is 3.05. The van der Waals surface area contributed by atoms with Crippen LogP contribution in [0.1, 0.15) is 6.92 Å². The number of aromatic hydroxyl groups is 1. The highest BCUT2D eigenvalue weighted by Crippen LogP contribution is 2.30. The minimum atomic E-state index is -0.711. The molecule has 0 aliphatic carbocycles. The SMILES string of the molecule is C/C(N)=C/C(N)=N\c1cc2cc(O)c(F)cc2c(Br)n1. The molecule has 2 rings (SSSR count). The number of hydrogen-bond acceptors (Lipinski definition) is 4. The van der Waals surface area contributed by atoms with Crippen molar-refractivity contribution in [3.05, 3.63) is 40.4 Å². The first-order chi connectivity index (χ1) is 9.36. The Kier molecular flexibility index (Phi) is 3.89. The smallest absolute Gasteiger partial charge is 0.165 e. The van der Waals surface area contributed by atoms with E-state index in [1.54, 1.807) is 13.0 Å². The average molecular weight is 339 g/mol. The van der Waals surface area contributed by atoms with Crippen LogP contribution in [0.15, 0.2) is 39.6 Å². The second-order valence-electron chi connectivity index (χ2n) is 4.22. The van der Waals surface area contributed by atoms with E-state index in [0.29, 0.717) is 26.9 Å².